The number of pyridine rings is 1. The number of hydrogen-bond donors (Lipinski definition) is 1. The molecule has 3 amide bonds. The van der Waals surface area contributed by atoms with Crippen molar-refractivity contribution in [1.29, 1.82) is 0 Å². The molecular formula is C34H47N5O5. The van der Waals surface area contributed by atoms with E-state index in [0.717, 1.165) is 23.4 Å². The molecule has 1 aromatic carbocycles. The van der Waals surface area contributed by atoms with Gasteiger partial charge >= 0.3 is 6.09 Å². The number of nitrogens with zero attached hydrogens (tertiary/aromatic N) is 5. The molecule has 3 aliphatic rings. The van der Waals surface area contributed by atoms with Crippen molar-refractivity contribution in [3.63, 3.8) is 0 Å². The fourth-order valence-corrected chi connectivity index (χ4v) is 6.62. The number of anilines is 1. The molecule has 1 N–H and O–H groups in total. The van der Waals surface area contributed by atoms with Gasteiger partial charge < -0.3 is 24.5 Å². The monoisotopic (exact) mass is 605 g/mol. The minimum atomic E-state index is -0.639. The standard InChI is InChI=1S/C34H47N5O5/c1-8-11-28(40)24-14-27-30(35-15-24)34(6,7)21-39(27)29(41)20-36-16-22(2)38(32(43)44-33(3,4)5)19-25(36)18-37-17-23-12-9-10-13-26(23)31(37)42/h9-10,12-15,22,25,28,40H,8,11,16-21H2,1-7H3/t22-,25+,28?/m1/s1. The second-order valence-electron chi connectivity index (χ2n) is 14.2. The van der Waals surface area contributed by atoms with Gasteiger partial charge in [0.15, 0.2) is 0 Å². The Morgan fingerprint density at radius 3 is 2.59 bits per heavy atom. The number of ether oxygens (including phenoxy) is 1. The lowest BCUT2D eigenvalue weighted by Crippen LogP contribution is -2.63. The van der Waals surface area contributed by atoms with E-state index in [-0.39, 0.29) is 35.9 Å². The molecule has 0 spiro atoms. The average Bonchev–Trinajstić information content (AvgIpc) is 3.41. The number of fused-ring (bicyclic) bond motifs is 2. The Labute approximate surface area is 261 Å². The third-order valence-electron chi connectivity index (χ3n) is 8.87. The fraction of sp³-hybridized carbons (Fsp3) is 0.588. The number of aliphatic hydroxyl groups is 1. The fourth-order valence-electron chi connectivity index (χ4n) is 6.62. The molecule has 10 heteroatoms. The maximum atomic E-state index is 14.1. The van der Waals surface area contributed by atoms with E-state index in [0.29, 0.717) is 50.3 Å². The first-order chi connectivity index (χ1) is 20.7. The lowest BCUT2D eigenvalue weighted by molar-refractivity contribution is -0.121. The summed E-state index contributed by atoms with van der Waals surface area (Å²) in [4.78, 5) is 52.8. The van der Waals surface area contributed by atoms with Crippen LogP contribution < -0.4 is 4.90 Å². The van der Waals surface area contributed by atoms with E-state index in [2.05, 4.69) is 18.7 Å². The Bertz CT molecular complexity index is 1420. The molecule has 1 saturated heterocycles. The summed E-state index contributed by atoms with van der Waals surface area (Å²) in [7, 11) is 0. The van der Waals surface area contributed by atoms with Crippen LogP contribution >= 0.6 is 0 Å². The summed E-state index contributed by atoms with van der Waals surface area (Å²) >= 11 is 0. The maximum absolute atomic E-state index is 14.1. The minimum absolute atomic E-state index is 0.0335. The first-order valence-corrected chi connectivity index (χ1v) is 15.8. The Hall–Kier alpha value is -3.50. The first kappa shape index (κ1) is 31.9. The van der Waals surface area contributed by atoms with Gasteiger partial charge in [0.05, 0.1) is 24.0 Å². The lowest BCUT2D eigenvalue weighted by Gasteiger charge is -2.46. The molecule has 44 heavy (non-hydrogen) atoms. The highest BCUT2D eigenvalue weighted by molar-refractivity contribution is 5.98. The highest BCUT2D eigenvalue weighted by Crippen LogP contribution is 2.40. The van der Waals surface area contributed by atoms with E-state index >= 15 is 0 Å². The zero-order valence-corrected chi connectivity index (χ0v) is 27.2. The van der Waals surface area contributed by atoms with Gasteiger partial charge in [0.25, 0.3) is 5.91 Å². The second-order valence-corrected chi connectivity index (χ2v) is 14.2. The van der Waals surface area contributed by atoms with Crippen molar-refractivity contribution in [1.82, 2.24) is 19.7 Å². The zero-order chi connectivity index (χ0) is 32.0. The topological polar surface area (TPSA) is 107 Å². The smallest absolute Gasteiger partial charge is 0.410 e. The summed E-state index contributed by atoms with van der Waals surface area (Å²) in [6.07, 6.45) is 2.17. The predicted octanol–water partition coefficient (Wildman–Crippen LogP) is 4.51. The molecule has 1 fully saturated rings. The lowest BCUT2D eigenvalue weighted by atomic mass is 9.91. The average molecular weight is 606 g/mol. The summed E-state index contributed by atoms with van der Waals surface area (Å²) in [5.41, 5.74) is 3.01. The van der Waals surface area contributed by atoms with Crippen LogP contribution in [0.25, 0.3) is 0 Å². The van der Waals surface area contributed by atoms with Crippen LogP contribution in [0, 0.1) is 0 Å². The summed E-state index contributed by atoms with van der Waals surface area (Å²) in [6, 6.07) is 9.07. The van der Waals surface area contributed by atoms with E-state index in [1.54, 1.807) is 16.0 Å². The van der Waals surface area contributed by atoms with E-state index < -0.39 is 17.8 Å². The summed E-state index contributed by atoms with van der Waals surface area (Å²) in [5, 5.41) is 10.7. The van der Waals surface area contributed by atoms with Crippen LogP contribution in [0.3, 0.4) is 0 Å². The van der Waals surface area contributed by atoms with Crippen molar-refractivity contribution in [2.45, 2.75) is 97.1 Å². The molecule has 0 bridgehead atoms. The molecule has 3 aliphatic heterocycles. The number of carbonyl (C=O) groups excluding carboxylic acids is 3. The largest absolute Gasteiger partial charge is 0.444 e. The molecule has 238 valence electrons. The normalized spacial score (nSPS) is 22.2. The van der Waals surface area contributed by atoms with Crippen LogP contribution in [-0.4, -0.2) is 93.1 Å². The first-order valence-electron chi connectivity index (χ1n) is 15.8. The molecule has 0 aliphatic carbocycles. The SMILES string of the molecule is CCCC(O)c1cnc2c(c1)N(C(=O)CN1C[C@@H](C)N(C(=O)OC(C)(C)C)C[C@@H]1CN1Cc3ccccc3C1=O)CC2(C)C. The molecule has 1 unspecified atom stereocenters. The van der Waals surface area contributed by atoms with Crippen molar-refractivity contribution >= 4 is 23.6 Å². The Morgan fingerprint density at radius 2 is 1.91 bits per heavy atom. The van der Waals surface area contributed by atoms with E-state index in [9.17, 15) is 19.5 Å². The van der Waals surface area contributed by atoms with Gasteiger partial charge in [-0.1, -0.05) is 45.4 Å². The second kappa shape index (κ2) is 12.1. The minimum Gasteiger partial charge on any atom is -0.444 e. The van der Waals surface area contributed by atoms with Gasteiger partial charge in [0.2, 0.25) is 5.91 Å². The molecule has 3 atom stereocenters. The molecular weight excluding hydrogens is 558 g/mol. The molecule has 4 heterocycles. The third kappa shape index (κ3) is 6.47. The Kier molecular flexibility index (Phi) is 8.79. The maximum Gasteiger partial charge on any atom is 0.410 e. The van der Waals surface area contributed by atoms with Crippen molar-refractivity contribution in [2.75, 3.05) is 37.6 Å². The molecule has 0 radical (unpaired) electrons. The number of amides is 3. The number of rotatable bonds is 7. The molecule has 10 nitrogen and oxygen atoms in total. The van der Waals surface area contributed by atoms with E-state index in [4.69, 9.17) is 9.72 Å². The third-order valence-corrected chi connectivity index (χ3v) is 8.87. The van der Waals surface area contributed by atoms with Gasteiger partial charge in [0, 0.05) is 67.5 Å². The number of piperazine rings is 1. The number of aliphatic hydroxyl groups excluding tert-OH is 1. The van der Waals surface area contributed by atoms with Gasteiger partial charge in [-0.2, -0.15) is 0 Å². The molecule has 2 aromatic rings. The van der Waals surface area contributed by atoms with Gasteiger partial charge in [-0.25, -0.2) is 4.79 Å². The van der Waals surface area contributed by atoms with Crippen molar-refractivity contribution < 1.29 is 24.2 Å². The van der Waals surface area contributed by atoms with Gasteiger partial charge in [0.1, 0.15) is 5.60 Å². The number of benzene rings is 1. The highest BCUT2D eigenvalue weighted by Gasteiger charge is 2.43. The summed E-state index contributed by atoms with van der Waals surface area (Å²) in [6.45, 7) is 16.0. The van der Waals surface area contributed by atoms with E-state index in [1.165, 1.54) is 0 Å². The molecule has 5 rings (SSSR count). The van der Waals surface area contributed by atoms with Crippen molar-refractivity contribution in [3.8, 4) is 0 Å². The van der Waals surface area contributed by atoms with Crippen molar-refractivity contribution in [3.05, 3.63) is 58.9 Å². The van der Waals surface area contributed by atoms with Crippen LogP contribution in [0.2, 0.25) is 0 Å². The van der Waals surface area contributed by atoms with Crippen LogP contribution in [0.1, 0.15) is 94.6 Å². The summed E-state index contributed by atoms with van der Waals surface area (Å²) in [5.74, 6) is -0.103. The van der Waals surface area contributed by atoms with Gasteiger partial charge in [-0.3, -0.25) is 19.5 Å². The molecule has 0 saturated carbocycles. The van der Waals surface area contributed by atoms with Crippen LogP contribution in [0.15, 0.2) is 36.5 Å². The predicted molar refractivity (Wildman–Crippen MR) is 168 cm³/mol. The van der Waals surface area contributed by atoms with Gasteiger partial charge in [-0.05, 0) is 51.8 Å². The number of aromatic nitrogens is 1. The van der Waals surface area contributed by atoms with Crippen molar-refractivity contribution in [2.24, 2.45) is 0 Å². The van der Waals surface area contributed by atoms with Crippen LogP contribution in [0.4, 0.5) is 10.5 Å². The highest BCUT2D eigenvalue weighted by atomic mass is 16.6. The quantitative estimate of drug-likeness (QED) is 0.495. The Balaban J connectivity index is 1.39. The molecule has 1 aromatic heterocycles. The van der Waals surface area contributed by atoms with Crippen LogP contribution in [-0.2, 0) is 21.5 Å². The van der Waals surface area contributed by atoms with Gasteiger partial charge in [-0.15, -0.1) is 0 Å². The number of hydrogen-bond acceptors (Lipinski definition) is 7. The number of carbonyl (C=O) groups is 3. The summed E-state index contributed by atoms with van der Waals surface area (Å²) < 4.78 is 5.73. The van der Waals surface area contributed by atoms with E-state index in [1.807, 2.05) is 69.9 Å². The zero-order valence-electron chi connectivity index (χ0n) is 27.2. The Morgan fingerprint density at radius 1 is 1.18 bits per heavy atom. The van der Waals surface area contributed by atoms with Crippen LogP contribution in [0.5, 0.6) is 0 Å².